The molecular formula is C19H13BrClNO3S2. The number of thiophene rings is 1. The summed E-state index contributed by atoms with van der Waals surface area (Å²) in [6.45, 7) is 0. The van der Waals surface area contributed by atoms with E-state index < -0.39 is 9.84 Å². The van der Waals surface area contributed by atoms with Crippen LogP contribution < -0.4 is 5.32 Å². The van der Waals surface area contributed by atoms with Gasteiger partial charge >= 0.3 is 0 Å². The van der Waals surface area contributed by atoms with Crippen molar-refractivity contribution in [3.05, 3.63) is 73.8 Å². The number of anilines is 1. The number of benzene rings is 2. The van der Waals surface area contributed by atoms with Crippen LogP contribution in [0.4, 0.5) is 5.69 Å². The molecule has 4 rings (SSSR count). The summed E-state index contributed by atoms with van der Waals surface area (Å²) < 4.78 is 27.1. The van der Waals surface area contributed by atoms with Crippen molar-refractivity contribution >= 4 is 60.3 Å². The number of carbonyl (C=O) groups excluding carboxylic acids is 1. The highest BCUT2D eigenvalue weighted by atomic mass is 79.9. The fraction of sp³-hybridized carbons (Fsp3) is 0.105. The third kappa shape index (κ3) is 3.45. The second-order valence-electron chi connectivity index (χ2n) is 6.15. The van der Waals surface area contributed by atoms with Crippen molar-refractivity contribution in [2.75, 3.05) is 5.32 Å². The van der Waals surface area contributed by atoms with Crippen LogP contribution in [0.5, 0.6) is 0 Å². The SMILES string of the molecule is O=C1CC(c2ccc(Br)cc2)c2scc(S(=O)(=O)c3ccc(Cl)cc3)c2N1. The minimum Gasteiger partial charge on any atom is -0.324 e. The van der Waals surface area contributed by atoms with E-state index in [-0.39, 0.29) is 28.0 Å². The molecule has 1 aliphatic heterocycles. The molecule has 1 unspecified atom stereocenters. The lowest BCUT2D eigenvalue weighted by Crippen LogP contribution is -2.23. The summed E-state index contributed by atoms with van der Waals surface area (Å²) in [5.74, 6) is -0.359. The van der Waals surface area contributed by atoms with Gasteiger partial charge in [0, 0.05) is 32.1 Å². The fourth-order valence-electron chi connectivity index (χ4n) is 3.11. The largest absolute Gasteiger partial charge is 0.324 e. The van der Waals surface area contributed by atoms with Gasteiger partial charge in [0.05, 0.1) is 10.6 Å². The number of carbonyl (C=O) groups is 1. The average molecular weight is 483 g/mol. The van der Waals surface area contributed by atoms with Gasteiger partial charge in [-0.2, -0.15) is 0 Å². The Bertz CT molecular complexity index is 1120. The Balaban J connectivity index is 1.82. The number of hydrogen-bond acceptors (Lipinski definition) is 4. The van der Waals surface area contributed by atoms with Gasteiger partial charge in [0.2, 0.25) is 15.7 Å². The molecule has 2 heterocycles. The van der Waals surface area contributed by atoms with E-state index in [1.165, 1.54) is 35.6 Å². The third-order valence-corrected chi connectivity index (χ3v) is 8.26. The number of amides is 1. The minimum atomic E-state index is -3.76. The molecule has 0 fully saturated rings. The van der Waals surface area contributed by atoms with Gasteiger partial charge in [0.25, 0.3) is 0 Å². The quantitative estimate of drug-likeness (QED) is 0.538. The number of sulfone groups is 1. The van der Waals surface area contributed by atoms with Crippen molar-refractivity contribution < 1.29 is 13.2 Å². The molecule has 3 aromatic rings. The minimum absolute atomic E-state index is 0.125. The van der Waals surface area contributed by atoms with Gasteiger partial charge < -0.3 is 5.32 Å². The Hall–Kier alpha value is -1.67. The molecule has 0 radical (unpaired) electrons. The first-order valence-electron chi connectivity index (χ1n) is 8.03. The van der Waals surface area contributed by atoms with Gasteiger partial charge in [-0.3, -0.25) is 4.79 Å². The van der Waals surface area contributed by atoms with E-state index in [2.05, 4.69) is 21.2 Å². The molecule has 0 saturated heterocycles. The molecule has 1 N–H and O–H groups in total. The van der Waals surface area contributed by atoms with E-state index in [0.29, 0.717) is 10.7 Å². The Morgan fingerprint density at radius 1 is 1.07 bits per heavy atom. The number of rotatable bonds is 3. The van der Waals surface area contributed by atoms with Crippen molar-refractivity contribution in [1.29, 1.82) is 0 Å². The fourth-order valence-corrected chi connectivity index (χ4v) is 6.41. The van der Waals surface area contributed by atoms with E-state index in [0.717, 1.165) is 14.9 Å². The summed E-state index contributed by atoms with van der Waals surface area (Å²) in [5, 5.41) is 4.83. The normalized spacial score (nSPS) is 16.7. The first kappa shape index (κ1) is 18.7. The zero-order valence-corrected chi connectivity index (χ0v) is 17.8. The van der Waals surface area contributed by atoms with Crippen LogP contribution in [0.15, 0.2) is 68.2 Å². The summed E-state index contributed by atoms with van der Waals surface area (Å²) in [4.78, 5) is 13.4. The van der Waals surface area contributed by atoms with Crippen molar-refractivity contribution in [3.63, 3.8) is 0 Å². The molecule has 0 saturated carbocycles. The lowest BCUT2D eigenvalue weighted by molar-refractivity contribution is -0.116. The van der Waals surface area contributed by atoms with Gasteiger partial charge in [0.15, 0.2) is 0 Å². The highest BCUT2D eigenvalue weighted by molar-refractivity contribution is 9.10. The van der Waals surface area contributed by atoms with Crippen LogP contribution in [-0.4, -0.2) is 14.3 Å². The van der Waals surface area contributed by atoms with Crippen molar-refractivity contribution in [2.45, 2.75) is 22.1 Å². The standard InChI is InChI=1S/C19H13BrClNO3S2/c20-12-3-1-11(2-4-12)15-9-17(23)22-18-16(10-26-19(15)18)27(24,25)14-7-5-13(21)6-8-14/h1-8,10,15H,9H2,(H,22,23). The van der Waals surface area contributed by atoms with Crippen LogP contribution in [0, 0.1) is 0 Å². The lowest BCUT2D eigenvalue weighted by Gasteiger charge is -2.23. The monoisotopic (exact) mass is 481 g/mol. The van der Waals surface area contributed by atoms with Crippen molar-refractivity contribution in [2.24, 2.45) is 0 Å². The highest BCUT2D eigenvalue weighted by Gasteiger charge is 2.34. The van der Waals surface area contributed by atoms with Gasteiger partial charge in [-0.25, -0.2) is 8.42 Å². The topological polar surface area (TPSA) is 63.2 Å². The molecule has 27 heavy (non-hydrogen) atoms. The van der Waals surface area contributed by atoms with Crippen LogP contribution in [-0.2, 0) is 14.6 Å². The van der Waals surface area contributed by atoms with Crippen LogP contribution in [0.25, 0.3) is 0 Å². The van der Waals surface area contributed by atoms with Gasteiger partial charge in [-0.05, 0) is 42.0 Å². The maximum atomic E-state index is 13.1. The van der Waals surface area contributed by atoms with Crippen LogP contribution in [0.3, 0.4) is 0 Å². The maximum Gasteiger partial charge on any atom is 0.225 e. The second-order valence-corrected chi connectivity index (χ2v) is 10.3. The predicted molar refractivity (Wildman–Crippen MR) is 110 cm³/mol. The number of nitrogens with one attached hydrogen (secondary N) is 1. The molecule has 1 aromatic heterocycles. The van der Waals surface area contributed by atoms with E-state index in [9.17, 15) is 13.2 Å². The second kappa shape index (κ2) is 7.05. The van der Waals surface area contributed by atoms with E-state index in [4.69, 9.17) is 11.6 Å². The first-order valence-corrected chi connectivity index (χ1v) is 11.6. The number of halogens is 2. The van der Waals surface area contributed by atoms with E-state index >= 15 is 0 Å². The Morgan fingerprint density at radius 2 is 1.74 bits per heavy atom. The zero-order valence-electron chi connectivity index (χ0n) is 13.8. The van der Waals surface area contributed by atoms with Crippen LogP contribution in [0.1, 0.15) is 22.8 Å². The first-order chi connectivity index (χ1) is 12.9. The summed E-state index contributed by atoms with van der Waals surface area (Å²) in [5.41, 5.74) is 1.37. The Kier molecular flexibility index (Phi) is 4.88. The molecule has 1 aliphatic rings. The van der Waals surface area contributed by atoms with Gasteiger partial charge in [0.1, 0.15) is 4.90 Å². The molecule has 0 bridgehead atoms. The molecule has 0 spiro atoms. The predicted octanol–water partition coefficient (Wildman–Crippen LogP) is 5.47. The summed E-state index contributed by atoms with van der Waals surface area (Å²) in [7, 11) is -3.76. The molecule has 4 nitrogen and oxygen atoms in total. The van der Waals surface area contributed by atoms with Gasteiger partial charge in [-0.15, -0.1) is 11.3 Å². The molecule has 0 aliphatic carbocycles. The van der Waals surface area contributed by atoms with Crippen molar-refractivity contribution in [3.8, 4) is 0 Å². The molecule has 1 amide bonds. The van der Waals surface area contributed by atoms with Crippen molar-refractivity contribution in [1.82, 2.24) is 0 Å². The zero-order chi connectivity index (χ0) is 19.2. The lowest BCUT2D eigenvalue weighted by atomic mass is 9.91. The number of hydrogen-bond donors (Lipinski definition) is 1. The maximum absolute atomic E-state index is 13.1. The Morgan fingerprint density at radius 3 is 2.41 bits per heavy atom. The Labute approximate surface area is 174 Å². The summed E-state index contributed by atoms with van der Waals surface area (Å²) in [6.07, 6.45) is 0.287. The van der Waals surface area contributed by atoms with Gasteiger partial charge in [-0.1, -0.05) is 39.7 Å². The molecule has 8 heteroatoms. The summed E-state index contributed by atoms with van der Waals surface area (Å²) >= 11 is 10.6. The molecular weight excluding hydrogens is 470 g/mol. The molecule has 1 atom stereocenters. The molecule has 138 valence electrons. The summed E-state index contributed by atoms with van der Waals surface area (Å²) in [6, 6.07) is 13.7. The smallest absolute Gasteiger partial charge is 0.225 e. The third-order valence-electron chi connectivity index (χ3n) is 4.44. The van der Waals surface area contributed by atoms with Crippen LogP contribution >= 0.6 is 38.9 Å². The van der Waals surface area contributed by atoms with E-state index in [1.807, 2.05) is 24.3 Å². The van der Waals surface area contributed by atoms with Crippen LogP contribution in [0.2, 0.25) is 5.02 Å². The molecule has 2 aromatic carbocycles. The average Bonchev–Trinajstić information content (AvgIpc) is 3.06. The number of fused-ring (bicyclic) bond motifs is 1. The highest BCUT2D eigenvalue weighted by Crippen LogP contribution is 2.46. The van der Waals surface area contributed by atoms with E-state index in [1.54, 1.807) is 5.38 Å².